The van der Waals surface area contributed by atoms with Gasteiger partial charge in [-0.1, -0.05) is 0 Å². The Balaban J connectivity index is 2.10. The Morgan fingerprint density at radius 3 is 2.68 bits per heavy atom. The first-order valence-corrected chi connectivity index (χ1v) is 6.45. The lowest BCUT2D eigenvalue weighted by atomic mass is 9.87. The van der Waals surface area contributed by atoms with Crippen molar-refractivity contribution in [3.63, 3.8) is 0 Å². The zero-order chi connectivity index (χ0) is 14.0. The van der Waals surface area contributed by atoms with Gasteiger partial charge in [-0.25, -0.2) is 18.6 Å². The Morgan fingerprint density at radius 2 is 2.11 bits per heavy atom. The average molecular weight is 273 g/mol. The molecule has 1 aliphatic rings. The van der Waals surface area contributed by atoms with E-state index < -0.39 is 11.9 Å². The molecule has 4 nitrogen and oxygen atoms in total. The van der Waals surface area contributed by atoms with Gasteiger partial charge in [0, 0.05) is 18.8 Å². The maximum absolute atomic E-state index is 13.1. The van der Waals surface area contributed by atoms with Crippen molar-refractivity contribution in [2.75, 3.05) is 6.61 Å². The molecule has 0 atom stereocenters. The van der Waals surface area contributed by atoms with Crippen LogP contribution in [-0.2, 0) is 4.74 Å². The second-order valence-electron chi connectivity index (χ2n) is 4.82. The molecule has 0 bridgehead atoms. The van der Waals surface area contributed by atoms with Gasteiger partial charge in [0.2, 0.25) is 11.7 Å². The van der Waals surface area contributed by atoms with Crippen molar-refractivity contribution >= 4 is 5.97 Å². The number of carbonyl (C=O) groups excluding carboxylic acids is 1. The van der Waals surface area contributed by atoms with Crippen LogP contribution in [-0.4, -0.2) is 23.5 Å². The molecular formula is C13H17F2NO3. The van der Waals surface area contributed by atoms with Gasteiger partial charge in [-0.15, -0.1) is 0 Å². The van der Waals surface area contributed by atoms with Gasteiger partial charge < -0.3 is 9.15 Å². The van der Waals surface area contributed by atoms with Gasteiger partial charge in [0.15, 0.2) is 5.89 Å². The molecule has 0 aromatic carbocycles. The predicted molar refractivity (Wildman–Crippen MR) is 63.4 cm³/mol. The minimum absolute atomic E-state index is 0.0779. The Hall–Kier alpha value is -1.46. The molecule has 0 saturated heterocycles. The summed E-state index contributed by atoms with van der Waals surface area (Å²) in [5.41, 5.74) is 0.450. The van der Waals surface area contributed by atoms with Crippen molar-refractivity contribution in [2.45, 2.75) is 51.4 Å². The molecule has 1 saturated carbocycles. The lowest BCUT2D eigenvalue weighted by Crippen LogP contribution is -2.23. The smallest absolute Gasteiger partial charge is 0.376 e. The zero-order valence-corrected chi connectivity index (χ0v) is 11.0. The lowest BCUT2D eigenvalue weighted by molar-refractivity contribution is -0.0400. The largest absolute Gasteiger partial charge is 0.460 e. The number of aromatic nitrogens is 1. The van der Waals surface area contributed by atoms with Crippen LogP contribution >= 0.6 is 0 Å². The summed E-state index contributed by atoms with van der Waals surface area (Å²) in [4.78, 5) is 15.8. The molecule has 2 rings (SSSR count). The summed E-state index contributed by atoms with van der Waals surface area (Å²) in [6.07, 6.45) is 0.339. The summed E-state index contributed by atoms with van der Waals surface area (Å²) in [5.74, 6) is -2.83. The van der Waals surface area contributed by atoms with Crippen LogP contribution in [0.3, 0.4) is 0 Å². The molecule has 1 aromatic heterocycles. The van der Waals surface area contributed by atoms with E-state index in [1.54, 1.807) is 13.8 Å². The van der Waals surface area contributed by atoms with E-state index >= 15 is 0 Å². The zero-order valence-electron chi connectivity index (χ0n) is 11.0. The van der Waals surface area contributed by atoms with Gasteiger partial charge in [-0.05, 0) is 26.7 Å². The van der Waals surface area contributed by atoms with Crippen LogP contribution in [0.15, 0.2) is 4.42 Å². The fourth-order valence-corrected chi connectivity index (χ4v) is 2.27. The van der Waals surface area contributed by atoms with E-state index in [0.717, 1.165) is 0 Å². The first kappa shape index (κ1) is 14.0. The number of rotatable bonds is 3. The predicted octanol–water partition coefficient (Wildman–Crippen LogP) is 3.45. The first-order chi connectivity index (χ1) is 8.93. The highest BCUT2D eigenvalue weighted by molar-refractivity contribution is 5.87. The minimum Gasteiger partial charge on any atom is -0.460 e. The van der Waals surface area contributed by atoms with Crippen molar-refractivity contribution in [3.05, 3.63) is 17.3 Å². The van der Waals surface area contributed by atoms with Gasteiger partial charge in [-0.3, -0.25) is 0 Å². The van der Waals surface area contributed by atoms with Crippen molar-refractivity contribution in [2.24, 2.45) is 0 Å². The number of alkyl halides is 2. The van der Waals surface area contributed by atoms with Crippen LogP contribution in [0.2, 0.25) is 0 Å². The molecule has 6 heteroatoms. The van der Waals surface area contributed by atoms with Crippen LogP contribution in [0.5, 0.6) is 0 Å². The Bertz CT molecular complexity index is 460. The Morgan fingerprint density at radius 1 is 1.47 bits per heavy atom. The topological polar surface area (TPSA) is 52.3 Å². The van der Waals surface area contributed by atoms with Crippen molar-refractivity contribution in [1.29, 1.82) is 0 Å². The lowest BCUT2D eigenvalue weighted by Gasteiger charge is -2.26. The Labute approximate surface area is 110 Å². The highest BCUT2D eigenvalue weighted by Crippen LogP contribution is 2.40. The molecule has 19 heavy (non-hydrogen) atoms. The van der Waals surface area contributed by atoms with Crippen LogP contribution in [0.4, 0.5) is 8.78 Å². The number of oxazole rings is 1. The molecular weight excluding hydrogens is 256 g/mol. The molecule has 0 spiro atoms. The van der Waals surface area contributed by atoms with E-state index in [2.05, 4.69) is 4.98 Å². The van der Waals surface area contributed by atoms with E-state index in [4.69, 9.17) is 9.15 Å². The maximum Gasteiger partial charge on any atom is 0.376 e. The van der Waals surface area contributed by atoms with Gasteiger partial charge in [0.25, 0.3) is 0 Å². The average Bonchev–Trinajstić information content (AvgIpc) is 2.71. The second kappa shape index (κ2) is 5.27. The summed E-state index contributed by atoms with van der Waals surface area (Å²) < 4.78 is 36.4. The number of nitrogens with zero attached hydrogens (tertiary/aromatic N) is 1. The maximum atomic E-state index is 13.1. The molecule has 1 fully saturated rings. The summed E-state index contributed by atoms with van der Waals surface area (Å²) in [6.45, 7) is 3.61. The third kappa shape index (κ3) is 3.11. The van der Waals surface area contributed by atoms with Crippen molar-refractivity contribution < 1.29 is 22.7 Å². The number of ether oxygens (including phenoxy) is 1. The fourth-order valence-electron chi connectivity index (χ4n) is 2.27. The van der Waals surface area contributed by atoms with Crippen LogP contribution < -0.4 is 0 Å². The quantitative estimate of drug-likeness (QED) is 0.791. The molecule has 1 aromatic rings. The monoisotopic (exact) mass is 273 g/mol. The van der Waals surface area contributed by atoms with E-state index in [9.17, 15) is 13.6 Å². The number of aryl methyl sites for hydroxylation is 1. The summed E-state index contributed by atoms with van der Waals surface area (Å²) in [5, 5.41) is 0. The van der Waals surface area contributed by atoms with Gasteiger partial charge in [0.1, 0.15) is 0 Å². The second-order valence-corrected chi connectivity index (χ2v) is 4.82. The highest BCUT2D eigenvalue weighted by Gasteiger charge is 2.37. The molecule has 0 amide bonds. The number of halogens is 2. The third-order valence-corrected chi connectivity index (χ3v) is 3.34. The van der Waals surface area contributed by atoms with Crippen LogP contribution in [0.1, 0.15) is 60.7 Å². The molecule has 1 aliphatic carbocycles. The van der Waals surface area contributed by atoms with Crippen LogP contribution in [0, 0.1) is 6.92 Å². The molecule has 0 N–H and O–H groups in total. The summed E-state index contributed by atoms with van der Waals surface area (Å²) in [6, 6.07) is 0. The third-order valence-electron chi connectivity index (χ3n) is 3.34. The molecule has 0 aliphatic heterocycles. The van der Waals surface area contributed by atoms with Crippen molar-refractivity contribution in [3.8, 4) is 0 Å². The normalized spacial score (nSPS) is 19.4. The van der Waals surface area contributed by atoms with E-state index in [-0.39, 0.29) is 31.1 Å². The van der Waals surface area contributed by atoms with Gasteiger partial charge in [0.05, 0.1) is 12.3 Å². The van der Waals surface area contributed by atoms with E-state index in [0.29, 0.717) is 24.4 Å². The van der Waals surface area contributed by atoms with Gasteiger partial charge >= 0.3 is 5.97 Å². The summed E-state index contributed by atoms with van der Waals surface area (Å²) >= 11 is 0. The number of carbonyl (C=O) groups is 1. The molecule has 106 valence electrons. The highest BCUT2D eigenvalue weighted by atomic mass is 19.3. The molecule has 0 unspecified atom stereocenters. The first-order valence-electron chi connectivity index (χ1n) is 6.45. The number of esters is 1. The van der Waals surface area contributed by atoms with E-state index in [1.807, 2.05) is 0 Å². The number of hydrogen-bond acceptors (Lipinski definition) is 4. The summed E-state index contributed by atoms with van der Waals surface area (Å²) in [7, 11) is 0. The minimum atomic E-state index is -2.58. The van der Waals surface area contributed by atoms with Crippen LogP contribution in [0.25, 0.3) is 0 Å². The van der Waals surface area contributed by atoms with Crippen molar-refractivity contribution in [1.82, 2.24) is 4.98 Å². The molecule has 0 radical (unpaired) electrons. The SMILES string of the molecule is CCOC(=O)c1oc(C2CCC(F)(F)CC2)nc1C. The van der Waals surface area contributed by atoms with E-state index in [1.165, 1.54) is 0 Å². The standard InChI is InChI=1S/C13H17F2NO3/c1-3-18-12(17)10-8(2)16-11(19-10)9-4-6-13(14,15)7-5-9/h9H,3-7H2,1-2H3. The van der Waals surface area contributed by atoms with Gasteiger partial charge in [-0.2, -0.15) is 0 Å². The molecule has 1 heterocycles. The Kier molecular flexibility index (Phi) is 3.87. The number of hydrogen-bond donors (Lipinski definition) is 0. The fraction of sp³-hybridized carbons (Fsp3) is 0.692.